The summed E-state index contributed by atoms with van der Waals surface area (Å²) in [4.78, 5) is 21.6. The average molecular weight is 186 g/mol. The molecule has 5 nitrogen and oxygen atoms in total. The quantitative estimate of drug-likeness (QED) is 0.551. The Bertz CT molecular complexity index is 217. The zero-order chi connectivity index (χ0) is 9.84. The minimum absolute atomic E-state index is 0.146. The van der Waals surface area contributed by atoms with Crippen molar-refractivity contribution < 1.29 is 14.7 Å². The maximum Gasteiger partial charge on any atom is 0.405 e. The summed E-state index contributed by atoms with van der Waals surface area (Å²) >= 11 is 0. The van der Waals surface area contributed by atoms with Crippen LogP contribution in [0.5, 0.6) is 0 Å². The van der Waals surface area contributed by atoms with Gasteiger partial charge >= 0.3 is 6.09 Å². The van der Waals surface area contributed by atoms with Crippen molar-refractivity contribution >= 4 is 12.0 Å². The maximum absolute atomic E-state index is 11.3. The number of hydrogen-bond acceptors (Lipinski definition) is 2. The molecule has 0 radical (unpaired) electrons. The molecule has 1 aliphatic heterocycles. The standard InChI is InChI=1S/C8H14N2O3/c1-5-3-2-4-6(7(11)9-5)10-8(12)13/h5-6,10H,2-4H2,1H3,(H,9,11)(H,12,13). The lowest BCUT2D eigenvalue weighted by Gasteiger charge is -2.13. The molecule has 5 heteroatoms. The number of hydrogen-bond donors (Lipinski definition) is 3. The number of rotatable bonds is 1. The van der Waals surface area contributed by atoms with Crippen molar-refractivity contribution in [2.45, 2.75) is 38.3 Å². The number of nitrogens with one attached hydrogen (secondary N) is 2. The fourth-order valence-electron chi connectivity index (χ4n) is 1.46. The van der Waals surface area contributed by atoms with Crippen LogP contribution in [0.25, 0.3) is 0 Å². The van der Waals surface area contributed by atoms with Gasteiger partial charge in [0.15, 0.2) is 0 Å². The van der Waals surface area contributed by atoms with E-state index in [2.05, 4.69) is 10.6 Å². The highest BCUT2D eigenvalue weighted by atomic mass is 16.4. The molecule has 1 saturated heterocycles. The fraction of sp³-hybridized carbons (Fsp3) is 0.750. The summed E-state index contributed by atoms with van der Waals surface area (Å²) in [6.07, 6.45) is 1.21. The molecule has 2 atom stereocenters. The normalized spacial score (nSPS) is 28.8. The van der Waals surface area contributed by atoms with Crippen LogP contribution < -0.4 is 10.6 Å². The molecule has 0 aromatic carbocycles. The largest absolute Gasteiger partial charge is 0.465 e. The van der Waals surface area contributed by atoms with E-state index < -0.39 is 12.1 Å². The third-order valence-electron chi connectivity index (χ3n) is 2.13. The Hall–Kier alpha value is -1.26. The van der Waals surface area contributed by atoms with Crippen LogP contribution in [0.4, 0.5) is 4.79 Å². The Kier molecular flexibility index (Phi) is 3.11. The van der Waals surface area contributed by atoms with Crippen molar-refractivity contribution in [1.82, 2.24) is 10.6 Å². The van der Waals surface area contributed by atoms with E-state index in [1.54, 1.807) is 0 Å². The third kappa shape index (κ3) is 2.93. The van der Waals surface area contributed by atoms with Gasteiger partial charge in [-0.15, -0.1) is 0 Å². The van der Waals surface area contributed by atoms with E-state index >= 15 is 0 Å². The number of carbonyl (C=O) groups is 2. The summed E-state index contributed by atoms with van der Waals surface area (Å²) in [6, 6.07) is -0.435. The van der Waals surface area contributed by atoms with Gasteiger partial charge in [0.05, 0.1) is 0 Å². The summed E-state index contributed by atoms with van der Waals surface area (Å²) in [7, 11) is 0. The number of carboxylic acid groups (broad SMARTS) is 1. The smallest absolute Gasteiger partial charge is 0.405 e. The van der Waals surface area contributed by atoms with Crippen LogP contribution in [-0.2, 0) is 4.79 Å². The Morgan fingerprint density at radius 2 is 2.31 bits per heavy atom. The second kappa shape index (κ2) is 4.11. The first-order valence-corrected chi connectivity index (χ1v) is 4.39. The van der Waals surface area contributed by atoms with E-state index in [1.807, 2.05) is 6.92 Å². The zero-order valence-corrected chi connectivity index (χ0v) is 7.54. The summed E-state index contributed by atoms with van der Waals surface area (Å²) in [5.41, 5.74) is 0. The molecule has 2 unspecified atom stereocenters. The molecular weight excluding hydrogens is 172 g/mol. The lowest BCUT2D eigenvalue weighted by atomic mass is 10.1. The third-order valence-corrected chi connectivity index (χ3v) is 2.13. The van der Waals surface area contributed by atoms with Gasteiger partial charge < -0.3 is 15.7 Å². The van der Waals surface area contributed by atoms with E-state index in [4.69, 9.17) is 5.11 Å². The molecule has 1 rings (SSSR count). The van der Waals surface area contributed by atoms with E-state index in [0.717, 1.165) is 12.8 Å². The summed E-state index contributed by atoms with van der Waals surface area (Å²) in [6.45, 7) is 1.92. The highest BCUT2D eigenvalue weighted by Gasteiger charge is 2.24. The molecule has 1 fully saturated rings. The van der Waals surface area contributed by atoms with Crippen molar-refractivity contribution in [3.05, 3.63) is 0 Å². The van der Waals surface area contributed by atoms with Gasteiger partial charge in [-0.2, -0.15) is 0 Å². The van der Waals surface area contributed by atoms with Crippen molar-refractivity contribution in [2.75, 3.05) is 0 Å². The number of carbonyl (C=O) groups excluding carboxylic acids is 1. The van der Waals surface area contributed by atoms with Gasteiger partial charge in [-0.3, -0.25) is 4.79 Å². The second-order valence-corrected chi connectivity index (χ2v) is 3.34. The van der Waals surface area contributed by atoms with Crippen LogP contribution in [-0.4, -0.2) is 29.2 Å². The summed E-state index contributed by atoms with van der Waals surface area (Å²) < 4.78 is 0. The molecular formula is C8H14N2O3. The van der Waals surface area contributed by atoms with Gasteiger partial charge in [-0.25, -0.2) is 4.79 Å². The van der Waals surface area contributed by atoms with Crippen molar-refractivity contribution in [3.63, 3.8) is 0 Å². The molecule has 0 spiro atoms. The van der Waals surface area contributed by atoms with Gasteiger partial charge in [0.2, 0.25) is 5.91 Å². The predicted octanol–water partition coefficient (Wildman–Crippen LogP) is 0.311. The maximum atomic E-state index is 11.3. The molecule has 0 bridgehead atoms. The van der Waals surface area contributed by atoms with Crippen LogP contribution in [0.15, 0.2) is 0 Å². The molecule has 1 aliphatic rings. The molecule has 0 aliphatic carbocycles. The monoisotopic (exact) mass is 186 g/mol. The molecule has 1 heterocycles. The van der Waals surface area contributed by atoms with Crippen molar-refractivity contribution in [1.29, 1.82) is 0 Å². The minimum Gasteiger partial charge on any atom is -0.465 e. The highest BCUT2D eigenvalue weighted by molar-refractivity contribution is 5.85. The SMILES string of the molecule is CC1CCCC(NC(=O)O)C(=O)N1. The summed E-state index contributed by atoms with van der Waals surface area (Å²) in [5.74, 6) is -0.215. The minimum atomic E-state index is -1.14. The molecule has 0 saturated carbocycles. The Morgan fingerprint density at radius 3 is 2.92 bits per heavy atom. The van der Waals surface area contributed by atoms with Crippen LogP contribution in [0, 0.1) is 0 Å². The second-order valence-electron chi connectivity index (χ2n) is 3.34. The van der Waals surface area contributed by atoms with Crippen LogP contribution in [0.3, 0.4) is 0 Å². The highest BCUT2D eigenvalue weighted by Crippen LogP contribution is 2.09. The van der Waals surface area contributed by atoms with E-state index in [0.29, 0.717) is 6.42 Å². The van der Waals surface area contributed by atoms with E-state index in [1.165, 1.54) is 0 Å². The molecule has 0 aromatic heterocycles. The zero-order valence-electron chi connectivity index (χ0n) is 7.54. The lowest BCUT2D eigenvalue weighted by molar-refractivity contribution is -0.123. The van der Waals surface area contributed by atoms with Crippen LogP contribution in [0.2, 0.25) is 0 Å². The molecule has 74 valence electrons. The predicted molar refractivity (Wildman–Crippen MR) is 46.4 cm³/mol. The molecule has 3 N–H and O–H groups in total. The lowest BCUT2D eigenvalue weighted by Crippen LogP contribution is -2.46. The van der Waals surface area contributed by atoms with Gasteiger partial charge in [-0.1, -0.05) is 0 Å². The Balaban J connectivity index is 2.53. The Labute approximate surface area is 76.5 Å². The molecule has 13 heavy (non-hydrogen) atoms. The van der Waals surface area contributed by atoms with Crippen LogP contribution >= 0.6 is 0 Å². The van der Waals surface area contributed by atoms with Gasteiger partial charge in [0.25, 0.3) is 0 Å². The molecule has 2 amide bonds. The average Bonchev–Trinajstić information content (AvgIpc) is 2.13. The van der Waals surface area contributed by atoms with E-state index in [-0.39, 0.29) is 11.9 Å². The van der Waals surface area contributed by atoms with E-state index in [9.17, 15) is 9.59 Å². The first-order chi connectivity index (χ1) is 6.09. The van der Waals surface area contributed by atoms with Crippen molar-refractivity contribution in [3.8, 4) is 0 Å². The van der Waals surface area contributed by atoms with Gasteiger partial charge in [-0.05, 0) is 26.2 Å². The first kappa shape index (κ1) is 9.83. The number of amides is 2. The van der Waals surface area contributed by atoms with Crippen LogP contribution in [0.1, 0.15) is 26.2 Å². The topological polar surface area (TPSA) is 78.4 Å². The van der Waals surface area contributed by atoms with Gasteiger partial charge in [0, 0.05) is 6.04 Å². The Morgan fingerprint density at radius 1 is 1.62 bits per heavy atom. The first-order valence-electron chi connectivity index (χ1n) is 4.39. The van der Waals surface area contributed by atoms with Gasteiger partial charge in [0.1, 0.15) is 6.04 Å². The molecule has 0 aromatic rings. The van der Waals surface area contributed by atoms with Crippen molar-refractivity contribution in [2.24, 2.45) is 0 Å². The summed E-state index contributed by atoms with van der Waals surface area (Å²) in [5, 5.41) is 13.4. The fourth-order valence-corrected chi connectivity index (χ4v) is 1.46.